The molecule has 138 valence electrons. The predicted molar refractivity (Wildman–Crippen MR) is 100 cm³/mol. The van der Waals surface area contributed by atoms with Crippen LogP contribution in [-0.2, 0) is 9.53 Å². The molecule has 1 N–H and O–H groups in total. The van der Waals surface area contributed by atoms with Gasteiger partial charge >= 0.3 is 5.97 Å². The van der Waals surface area contributed by atoms with Crippen LogP contribution in [0.4, 0.5) is 0 Å². The van der Waals surface area contributed by atoms with E-state index < -0.39 is 11.4 Å². The number of unbranched alkanes of at least 4 members (excludes halogenated alkanes) is 3. The molecule has 1 aliphatic carbocycles. The molecule has 1 rings (SSSR count). The fraction of sp³-hybridized carbons (Fsp3) is 0.762. The minimum atomic E-state index is -0.732. The van der Waals surface area contributed by atoms with Crippen molar-refractivity contribution in [1.29, 1.82) is 0 Å². The number of rotatable bonds is 12. The Labute approximate surface area is 148 Å². The van der Waals surface area contributed by atoms with Gasteiger partial charge in [0.25, 0.3) is 0 Å². The standard InChI is InChI=1S/C21H36O3/c1-5-19-18(13-16-24-4)12-10-15-21(19,20(22)23)14-9-7-6-8-11-17(2)3/h10,12,15,17,19H,5-9,11,13-14,16H2,1-4H3,(H,22,23). The van der Waals surface area contributed by atoms with Gasteiger partial charge in [0.2, 0.25) is 0 Å². The monoisotopic (exact) mass is 336 g/mol. The summed E-state index contributed by atoms with van der Waals surface area (Å²) >= 11 is 0. The summed E-state index contributed by atoms with van der Waals surface area (Å²) in [5.41, 5.74) is 0.494. The zero-order valence-corrected chi connectivity index (χ0v) is 16.0. The van der Waals surface area contributed by atoms with Crippen LogP contribution in [0.15, 0.2) is 23.8 Å². The summed E-state index contributed by atoms with van der Waals surface area (Å²) in [5.74, 6) is 0.177. The number of hydrogen-bond donors (Lipinski definition) is 1. The highest BCUT2D eigenvalue weighted by molar-refractivity contribution is 5.78. The van der Waals surface area contributed by atoms with Crippen LogP contribution in [0.3, 0.4) is 0 Å². The molecule has 0 heterocycles. The first-order valence-corrected chi connectivity index (χ1v) is 9.58. The van der Waals surface area contributed by atoms with E-state index >= 15 is 0 Å². The lowest BCUT2D eigenvalue weighted by molar-refractivity contribution is -0.149. The lowest BCUT2D eigenvalue weighted by atomic mass is 9.64. The Morgan fingerprint density at radius 2 is 2.00 bits per heavy atom. The SMILES string of the molecule is CCC1C(CCOC)=CC=CC1(CCCCCCC(C)C)C(=O)O. The van der Waals surface area contributed by atoms with Crippen molar-refractivity contribution in [3.05, 3.63) is 23.8 Å². The molecule has 0 bridgehead atoms. The van der Waals surface area contributed by atoms with Crippen molar-refractivity contribution in [3.63, 3.8) is 0 Å². The Hall–Kier alpha value is -1.09. The number of carboxylic acids is 1. The van der Waals surface area contributed by atoms with Gasteiger partial charge in [-0.2, -0.15) is 0 Å². The van der Waals surface area contributed by atoms with Crippen molar-refractivity contribution in [3.8, 4) is 0 Å². The first kappa shape index (κ1) is 21.0. The molecule has 2 atom stereocenters. The molecular weight excluding hydrogens is 300 g/mol. The van der Waals surface area contributed by atoms with Crippen LogP contribution in [0.1, 0.15) is 72.1 Å². The first-order valence-electron chi connectivity index (χ1n) is 9.58. The molecule has 0 aromatic rings. The Morgan fingerprint density at radius 3 is 2.58 bits per heavy atom. The van der Waals surface area contributed by atoms with Crippen molar-refractivity contribution in [2.45, 2.75) is 72.1 Å². The minimum absolute atomic E-state index is 0.0887. The third-order valence-corrected chi connectivity index (χ3v) is 5.30. The largest absolute Gasteiger partial charge is 0.481 e. The van der Waals surface area contributed by atoms with Crippen LogP contribution in [-0.4, -0.2) is 24.8 Å². The van der Waals surface area contributed by atoms with Gasteiger partial charge in [-0.05, 0) is 31.1 Å². The van der Waals surface area contributed by atoms with Gasteiger partial charge in [0.05, 0.1) is 5.41 Å². The highest BCUT2D eigenvalue weighted by atomic mass is 16.5. The van der Waals surface area contributed by atoms with E-state index in [-0.39, 0.29) is 5.92 Å². The normalized spacial score (nSPS) is 23.5. The molecule has 0 fully saturated rings. The molecule has 0 radical (unpaired) electrons. The van der Waals surface area contributed by atoms with Gasteiger partial charge in [0.15, 0.2) is 0 Å². The number of carboxylic acid groups (broad SMARTS) is 1. The summed E-state index contributed by atoms with van der Waals surface area (Å²) in [4.78, 5) is 12.2. The van der Waals surface area contributed by atoms with E-state index in [0.717, 1.165) is 38.0 Å². The van der Waals surface area contributed by atoms with E-state index in [1.807, 2.05) is 12.2 Å². The number of ether oxygens (including phenoxy) is 1. The molecule has 0 aromatic carbocycles. The average molecular weight is 337 g/mol. The van der Waals surface area contributed by atoms with E-state index in [2.05, 4.69) is 26.8 Å². The Bertz CT molecular complexity index is 436. The van der Waals surface area contributed by atoms with Crippen LogP contribution in [0.2, 0.25) is 0 Å². The molecular formula is C21H36O3. The third-order valence-electron chi connectivity index (χ3n) is 5.30. The van der Waals surface area contributed by atoms with Crippen LogP contribution < -0.4 is 0 Å². The van der Waals surface area contributed by atoms with E-state index in [1.54, 1.807) is 7.11 Å². The molecule has 0 aliphatic heterocycles. The maximum Gasteiger partial charge on any atom is 0.314 e. The minimum Gasteiger partial charge on any atom is -0.481 e. The number of allylic oxidation sites excluding steroid dienone is 2. The summed E-state index contributed by atoms with van der Waals surface area (Å²) in [6.45, 7) is 7.27. The molecule has 0 saturated heterocycles. The molecule has 24 heavy (non-hydrogen) atoms. The van der Waals surface area contributed by atoms with Crippen molar-refractivity contribution in [2.24, 2.45) is 17.3 Å². The number of carbonyl (C=O) groups is 1. The highest BCUT2D eigenvalue weighted by Gasteiger charge is 2.44. The van der Waals surface area contributed by atoms with Crippen LogP contribution in [0.5, 0.6) is 0 Å². The Morgan fingerprint density at radius 1 is 1.29 bits per heavy atom. The van der Waals surface area contributed by atoms with Crippen molar-refractivity contribution < 1.29 is 14.6 Å². The van der Waals surface area contributed by atoms with Crippen molar-refractivity contribution in [1.82, 2.24) is 0 Å². The molecule has 3 nitrogen and oxygen atoms in total. The molecule has 0 amide bonds. The number of methoxy groups -OCH3 is 1. The third kappa shape index (κ3) is 5.77. The second-order valence-corrected chi connectivity index (χ2v) is 7.50. The molecule has 0 saturated carbocycles. The second kappa shape index (κ2) is 10.7. The molecule has 0 spiro atoms. The van der Waals surface area contributed by atoms with Gasteiger partial charge in [-0.15, -0.1) is 0 Å². The van der Waals surface area contributed by atoms with Gasteiger partial charge in [-0.25, -0.2) is 0 Å². The van der Waals surface area contributed by atoms with Gasteiger partial charge in [-0.3, -0.25) is 4.79 Å². The topological polar surface area (TPSA) is 46.5 Å². The Balaban J connectivity index is 2.67. The van der Waals surface area contributed by atoms with E-state index in [1.165, 1.54) is 24.8 Å². The molecule has 3 heteroatoms. The van der Waals surface area contributed by atoms with Gasteiger partial charge in [0, 0.05) is 13.7 Å². The van der Waals surface area contributed by atoms with Crippen molar-refractivity contribution >= 4 is 5.97 Å². The number of hydrogen-bond acceptors (Lipinski definition) is 2. The lowest BCUT2D eigenvalue weighted by Gasteiger charge is -2.38. The van der Waals surface area contributed by atoms with Crippen molar-refractivity contribution in [2.75, 3.05) is 13.7 Å². The summed E-state index contributed by atoms with van der Waals surface area (Å²) in [7, 11) is 1.70. The number of aliphatic carboxylic acids is 1. The van der Waals surface area contributed by atoms with E-state index in [4.69, 9.17) is 4.74 Å². The summed E-state index contributed by atoms with van der Waals surface area (Å²) in [6.07, 6.45) is 14.3. The quantitative estimate of drug-likeness (QED) is 0.471. The van der Waals surface area contributed by atoms with Crippen LogP contribution >= 0.6 is 0 Å². The van der Waals surface area contributed by atoms with E-state index in [0.29, 0.717) is 6.61 Å². The molecule has 0 aromatic heterocycles. The summed E-state index contributed by atoms with van der Waals surface area (Å²) in [5, 5.41) is 10.00. The Kier molecular flexibility index (Phi) is 9.35. The zero-order valence-electron chi connectivity index (χ0n) is 16.0. The highest BCUT2D eigenvalue weighted by Crippen LogP contribution is 2.45. The van der Waals surface area contributed by atoms with Gasteiger partial charge < -0.3 is 9.84 Å². The zero-order chi connectivity index (χ0) is 18.0. The lowest BCUT2D eigenvalue weighted by Crippen LogP contribution is -2.39. The van der Waals surface area contributed by atoms with Gasteiger partial charge in [0.1, 0.15) is 0 Å². The summed E-state index contributed by atoms with van der Waals surface area (Å²) < 4.78 is 5.20. The fourth-order valence-electron chi connectivity index (χ4n) is 3.92. The molecule has 1 aliphatic rings. The summed E-state index contributed by atoms with van der Waals surface area (Å²) in [6, 6.07) is 0. The first-order chi connectivity index (χ1) is 11.5. The average Bonchev–Trinajstić information content (AvgIpc) is 2.55. The fourth-order valence-corrected chi connectivity index (χ4v) is 3.92. The van der Waals surface area contributed by atoms with Crippen LogP contribution in [0.25, 0.3) is 0 Å². The van der Waals surface area contributed by atoms with Gasteiger partial charge in [-0.1, -0.05) is 76.7 Å². The smallest absolute Gasteiger partial charge is 0.314 e. The maximum absolute atomic E-state index is 12.2. The maximum atomic E-state index is 12.2. The molecule has 2 unspecified atom stereocenters. The van der Waals surface area contributed by atoms with Crippen LogP contribution in [0, 0.1) is 17.3 Å². The second-order valence-electron chi connectivity index (χ2n) is 7.50. The predicted octanol–water partition coefficient (Wildman–Crippen LogP) is 5.61. The van der Waals surface area contributed by atoms with E-state index in [9.17, 15) is 9.90 Å².